The van der Waals surface area contributed by atoms with Crippen molar-refractivity contribution in [1.82, 2.24) is 9.80 Å². The third-order valence-corrected chi connectivity index (χ3v) is 11.0. The van der Waals surface area contributed by atoms with Crippen LogP contribution in [0.25, 0.3) is 0 Å². The van der Waals surface area contributed by atoms with Crippen LogP contribution < -0.4 is 0 Å². The van der Waals surface area contributed by atoms with Crippen LogP contribution in [0.2, 0.25) is 0 Å². The first-order valence-corrected chi connectivity index (χ1v) is 17.9. The van der Waals surface area contributed by atoms with Crippen molar-refractivity contribution < 1.29 is 14.3 Å². The Hall–Kier alpha value is -4.45. The summed E-state index contributed by atoms with van der Waals surface area (Å²) in [7, 11) is 0. The molecule has 3 aromatic rings. The molecule has 2 amide bonds. The van der Waals surface area contributed by atoms with E-state index in [9.17, 15) is 24.3 Å². The Balaban J connectivity index is 1.23. The molecule has 11 nitrogen and oxygen atoms in total. The number of amides is 2. The fraction of sp³-hybridized carbons (Fsp3) is 0.459. The third-order valence-electron chi connectivity index (χ3n) is 9.51. The van der Waals surface area contributed by atoms with Crippen LogP contribution in [-0.2, 0) is 29.2 Å². The average molecular weight is 686 g/mol. The normalized spacial score (nSPS) is 20.4. The number of ether oxygens (including phenoxy) is 1. The summed E-state index contributed by atoms with van der Waals surface area (Å²) in [4.78, 5) is 63.9. The highest BCUT2D eigenvalue weighted by Crippen LogP contribution is 2.43. The highest BCUT2D eigenvalue weighted by Gasteiger charge is 2.52. The van der Waals surface area contributed by atoms with Crippen molar-refractivity contribution in [3.05, 3.63) is 121 Å². The van der Waals surface area contributed by atoms with Gasteiger partial charge in [-0.15, -0.1) is 0 Å². The van der Waals surface area contributed by atoms with E-state index in [1.165, 1.54) is 0 Å². The minimum atomic E-state index is -0.482. The molecule has 2 saturated heterocycles. The molecule has 2 heterocycles. The van der Waals surface area contributed by atoms with E-state index in [0.717, 1.165) is 52.0 Å². The smallest absolute Gasteiger partial charge is 0.321 e. The number of fused-ring (bicyclic) bond motifs is 1. The Bertz CT molecular complexity index is 1650. The second-order valence-corrected chi connectivity index (χ2v) is 14.2. The van der Waals surface area contributed by atoms with Crippen LogP contribution in [0.4, 0.5) is 4.79 Å². The maximum atomic E-state index is 14.1. The van der Waals surface area contributed by atoms with E-state index in [2.05, 4.69) is 15.5 Å². The minimum absolute atomic E-state index is 0.00406. The summed E-state index contributed by atoms with van der Waals surface area (Å²) in [6.45, 7) is 6.21. The molecule has 2 aliphatic rings. The first-order chi connectivity index (χ1) is 23.7. The molecule has 5 rings (SSSR count). The van der Waals surface area contributed by atoms with Crippen molar-refractivity contribution >= 4 is 23.8 Å². The summed E-state index contributed by atoms with van der Waals surface area (Å²) in [6, 6.07) is 21.3. The Morgan fingerprint density at radius 2 is 1.29 bits per heavy atom. The molecule has 2 fully saturated rings. The molecule has 0 saturated carbocycles. The highest BCUT2D eigenvalue weighted by molar-refractivity contribution is 8.00. The molecule has 0 N–H and O–H groups in total. The topological polar surface area (TPSA) is 138 Å². The number of hydrogen-bond donors (Lipinski definition) is 0. The van der Waals surface area contributed by atoms with Crippen molar-refractivity contribution in [3.63, 3.8) is 0 Å². The van der Waals surface area contributed by atoms with E-state index in [4.69, 9.17) is 4.74 Å². The number of rotatable bonds is 17. The summed E-state index contributed by atoms with van der Waals surface area (Å²) in [6.07, 6.45) is 2.63. The monoisotopic (exact) mass is 685 g/mol. The number of esters is 1. The average Bonchev–Trinajstić information content (AvgIpc) is 3.65. The van der Waals surface area contributed by atoms with E-state index in [1.807, 2.05) is 94.4 Å². The van der Waals surface area contributed by atoms with E-state index < -0.39 is 18.1 Å². The van der Waals surface area contributed by atoms with Crippen LogP contribution in [-0.4, -0.2) is 44.9 Å². The molecule has 49 heavy (non-hydrogen) atoms. The molecule has 258 valence electrons. The van der Waals surface area contributed by atoms with Gasteiger partial charge >= 0.3 is 12.0 Å². The molecule has 6 atom stereocenters. The number of thioether (sulfide) groups is 1. The molecule has 0 aromatic heterocycles. The number of urea groups is 1. The van der Waals surface area contributed by atoms with Gasteiger partial charge in [0.2, 0.25) is 0 Å². The molecule has 2 aliphatic heterocycles. The largest absolute Gasteiger partial charge is 0.461 e. The van der Waals surface area contributed by atoms with Crippen molar-refractivity contribution in [1.29, 1.82) is 0 Å². The van der Waals surface area contributed by atoms with Crippen LogP contribution >= 0.6 is 11.8 Å². The molecule has 3 aromatic carbocycles. The van der Waals surface area contributed by atoms with Gasteiger partial charge < -0.3 is 14.5 Å². The molecule has 5 unspecified atom stereocenters. The fourth-order valence-electron chi connectivity index (χ4n) is 6.67. The lowest BCUT2D eigenvalue weighted by molar-refractivity contribution is -0.145. The summed E-state index contributed by atoms with van der Waals surface area (Å²) in [5.41, 5.74) is 5.12. The second kappa shape index (κ2) is 16.8. The van der Waals surface area contributed by atoms with Crippen LogP contribution in [0.5, 0.6) is 0 Å². The van der Waals surface area contributed by atoms with Crippen molar-refractivity contribution in [2.45, 2.75) is 102 Å². The molecule has 0 aliphatic carbocycles. The van der Waals surface area contributed by atoms with E-state index >= 15 is 0 Å². The maximum absolute atomic E-state index is 14.1. The quantitative estimate of drug-likeness (QED) is 0.0599. The van der Waals surface area contributed by atoms with Gasteiger partial charge in [0, 0.05) is 30.5 Å². The van der Waals surface area contributed by atoms with E-state index in [1.54, 1.807) is 20.8 Å². The number of unbranched alkanes of at least 4 members (excludes halogenated alkanes) is 1. The molecule has 0 radical (unpaired) electrons. The predicted octanol–water partition coefficient (Wildman–Crippen LogP) is 8.76. The van der Waals surface area contributed by atoms with Gasteiger partial charge in [-0.05, 0) is 67.0 Å². The molecular formula is C37H43N5O6S. The molecule has 0 spiro atoms. The number of nitrogens with zero attached hydrogens (tertiary/aromatic N) is 5. The summed E-state index contributed by atoms with van der Waals surface area (Å²) < 4.78 is 5.51. The van der Waals surface area contributed by atoms with Gasteiger partial charge in [0.15, 0.2) is 0 Å². The molecule has 12 heteroatoms. The van der Waals surface area contributed by atoms with E-state index in [-0.39, 0.29) is 35.9 Å². The number of hydrogen-bond acceptors (Lipinski definition) is 10. The van der Waals surface area contributed by atoms with Gasteiger partial charge in [-0.1, -0.05) is 94.7 Å². The minimum Gasteiger partial charge on any atom is -0.461 e. The van der Waals surface area contributed by atoms with Crippen molar-refractivity contribution in [3.8, 4) is 0 Å². The second-order valence-electron chi connectivity index (χ2n) is 13.0. The molecular weight excluding hydrogens is 643 g/mol. The first-order valence-electron chi connectivity index (χ1n) is 16.8. The lowest BCUT2D eigenvalue weighted by atomic mass is 9.99. The summed E-state index contributed by atoms with van der Waals surface area (Å²) >= 11 is 1.87. The van der Waals surface area contributed by atoms with Gasteiger partial charge in [0.1, 0.15) is 24.7 Å². The lowest BCUT2D eigenvalue weighted by Crippen LogP contribution is -2.40. The SMILES string of the molecule is CC(N=O)c1cccc(COC(=O)CCCC[C@@H]2SCC3C2N(Cc2cccc(C(C)N=O)c2)C(=O)N3Cc2cccc(C(C)N=O)c2)c1. The Morgan fingerprint density at radius 1 is 0.776 bits per heavy atom. The van der Waals surface area contributed by atoms with Crippen molar-refractivity contribution in [2.24, 2.45) is 15.5 Å². The van der Waals surface area contributed by atoms with Gasteiger partial charge in [0.05, 0.1) is 12.1 Å². The van der Waals surface area contributed by atoms with Gasteiger partial charge in [-0.3, -0.25) is 4.79 Å². The van der Waals surface area contributed by atoms with Gasteiger partial charge in [-0.2, -0.15) is 26.5 Å². The summed E-state index contributed by atoms with van der Waals surface area (Å²) in [5, 5.41) is 9.60. The molecule has 0 bridgehead atoms. The predicted molar refractivity (Wildman–Crippen MR) is 191 cm³/mol. The van der Waals surface area contributed by atoms with Crippen molar-refractivity contribution in [2.75, 3.05) is 5.75 Å². The number of benzene rings is 3. The first kappa shape index (κ1) is 35.8. The zero-order valence-corrected chi connectivity index (χ0v) is 29.0. The number of nitroso groups, excluding NO2 is 3. The lowest BCUT2D eigenvalue weighted by Gasteiger charge is -2.27. The number of carbonyl (C=O) groups is 2. The fourth-order valence-corrected chi connectivity index (χ4v) is 8.35. The van der Waals surface area contributed by atoms with E-state index in [0.29, 0.717) is 25.9 Å². The zero-order chi connectivity index (χ0) is 34.9. The Morgan fingerprint density at radius 3 is 1.84 bits per heavy atom. The third kappa shape index (κ3) is 8.78. The maximum Gasteiger partial charge on any atom is 0.321 e. The number of carbonyl (C=O) groups excluding carboxylic acids is 2. The standard InChI is InChI=1S/C37H43N5O6S/c1-24(38-45)30-12-6-9-27(17-30)20-41-33-23-49-34(36(33)42(37(41)44)21-28-10-7-13-31(18-28)25(2)39-46)15-4-5-16-35(43)48-22-29-11-8-14-32(19-29)26(3)40-47/h6-14,17-19,24-26,33-34,36H,4-5,15-16,20-23H2,1-3H3/t24?,25?,26?,33?,34-,36?/m0/s1. The van der Waals surface area contributed by atoms with Crippen LogP contribution in [0.1, 0.15) is 98.0 Å². The Kier molecular flexibility index (Phi) is 12.3. The highest BCUT2D eigenvalue weighted by atomic mass is 32.2. The summed E-state index contributed by atoms with van der Waals surface area (Å²) in [5.74, 6) is 0.530. The van der Waals surface area contributed by atoms with Gasteiger partial charge in [0.25, 0.3) is 0 Å². The van der Waals surface area contributed by atoms with Crippen LogP contribution in [0.15, 0.2) is 88.3 Å². The van der Waals surface area contributed by atoms with Crippen LogP contribution in [0.3, 0.4) is 0 Å². The zero-order valence-electron chi connectivity index (χ0n) is 28.1. The Labute approximate surface area is 291 Å². The van der Waals surface area contributed by atoms with Gasteiger partial charge in [-0.25, -0.2) is 4.79 Å². The van der Waals surface area contributed by atoms with Crippen LogP contribution in [0, 0.1) is 14.7 Å².